The Kier molecular flexibility index (Phi) is 3.34. The van der Waals surface area contributed by atoms with Crippen LogP contribution >= 0.6 is 0 Å². The van der Waals surface area contributed by atoms with Crippen LogP contribution in [0.3, 0.4) is 0 Å². The minimum atomic E-state index is -1.40. The van der Waals surface area contributed by atoms with Crippen molar-refractivity contribution in [2.75, 3.05) is 0 Å². The van der Waals surface area contributed by atoms with Gasteiger partial charge in [0.05, 0.1) is 0 Å². The van der Waals surface area contributed by atoms with Crippen molar-refractivity contribution in [3.05, 3.63) is 53.8 Å². The van der Waals surface area contributed by atoms with Gasteiger partial charge in [-0.2, -0.15) is 0 Å². The highest BCUT2D eigenvalue weighted by molar-refractivity contribution is 5.74. The summed E-state index contributed by atoms with van der Waals surface area (Å²) in [5, 5.41) is 20.1. The van der Waals surface area contributed by atoms with Gasteiger partial charge in [-0.3, -0.25) is 0 Å². The monoisotopic (exact) mass is 244 g/mol. The lowest BCUT2D eigenvalue weighted by Crippen LogP contribution is -2.39. The summed E-state index contributed by atoms with van der Waals surface area (Å²) in [6.45, 7) is 1.53. The second kappa shape index (κ2) is 4.78. The van der Waals surface area contributed by atoms with Crippen molar-refractivity contribution < 1.29 is 15.0 Å². The smallest absolute Gasteiger partial charge is 0.126 e. The molecule has 0 fully saturated rings. The molecule has 1 aromatic carbocycles. The molecule has 2 N–H and O–H groups in total. The Labute approximate surface area is 106 Å². The van der Waals surface area contributed by atoms with E-state index in [0.717, 1.165) is 17.4 Å². The molecule has 1 aliphatic carbocycles. The predicted octanol–water partition coefficient (Wildman–Crippen LogP) is 2.48. The fourth-order valence-electron chi connectivity index (χ4n) is 2.32. The third kappa shape index (κ3) is 2.09. The highest BCUT2D eigenvalue weighted by Gasteiger charge is 2.40. The zero-order chi connectivity index (χ0) is 13.2. The van der Waals surface area contributed by atoms with Gasteiger partial charge in [0.25, 0.3) is 0 Å². The van der Waals surface area contributed by atoms with Crippen LogP contribution in [0.4, 0.5) is 0 Å². The molecule has 0 saturated heterocycles. The molecule has 1 aliphatic rings. The first-order valence-electron chi connectivity index (χ1n) is 5.90. The molecule has 3 nitrogen and oxygen atoms in total. The summed E-state index contributed by atoms with van der Waals surface area (Å²) in [5.41, 5.74) is 0.416. The van der Waals surface area contributed by atoms with Crippen molar-refractivity contribution in [3.63, 3.8) is 0 Å². The van der Waals surface area contributed by atoms with Crippen molar-refractivity contribution in [2.24, 2.45) is 5.92 Å². The quantitative estimate of drug-likeness (QED) is 0.803. The van der Waals surface area contributed by atoms with E-state index in [1.807, 2.05) is 30.3 Å². The summed E-state index contributed by atoms with van der Waals surface area (Å²) < 4.78 is 0. The van der Waals surface area contributed by atoms with Gasteiger partial charge in [-0.15, -0.1) is 0 Å². The van der Waals surface area contributed by atoms with Gasteiger partial charge in [-0.25, -0.2) is 0 Å². The van der Waals surface area contributed by atoms with Gasteiger partial charge in [0.15, 0.2) is 0 Å². The molecule has 2 atom stereocenters. The van der Waals surface area contributed by atoms with Crippen molar-refractivity contribution in [3.8, 4) is 0 Å². The average Bonchev–Trinajstić information content (AvgIpc) is 2.37. The fraction of sp³-hybridized carbons (Fsp3) is 0.267. The minimum absolute atomic E-state index is 0.103. The van der Waals surface area contributed by atoms with E-state index < -0.39 is 11.5 Å². The zero-order valence-corrected chi connectivity index (χ0v) is 10.2. The van der Waals surface area contributed by atoms with E-state index in [2.05, 4.69) is 0 Å². The van der Waals surface area contributed by atoms with E-state index in [9.17, 15) is 15.0 Å². The third-order valence-electron chi connectivity index (χ3n) is 3.43. The molecule has 1 aromatic rings. The molecule has 0 bridgehead atoms. The SMILES string of the molecule is CC1(O)C(O)=CC=C(c2ccccc2)C1CC=O. The summed E-state index contributed by atoms with van der Waals surface area (Å²) in [4.78, 5) is 10.8. The first-order valence-corrected chi connectivity index (χ1v) is 5.90. The maximum Gasteiger partial charge on any atom is 0.126 e. The van der Waals surface area contributed by atoms with Crippen LogP contribution in [0.2, 0.25) is 0 Å². The lowest BCUT2D eigenvalue weighted by molar-refractivity contribution is -0.109. The molecule has 0 amide bonds. The van der Waals surface area contributed by atoms with Crippen molar-refractivity contribution in [1.82, 2.24) is 0 Å². The topological polar surface area (TPSA) is 57.5 Å². The van der Waals surface area contributed by atoms with Crippen molar-refractivity contribution >= 4 is 11.9 Å². The summed E-state index contributed by atoms with van der Waals surface area (Å²) in [5.74, 6) is -0.531. The number of aliphatic hydroxyl groups excluding tert-OH is 1. The first kappa shape index (κ1) is 12.6. The highest BCUT2D eigenvalue weighted by atomic mass is 16.3. The maximum absolute atomic E-state index is 10.8. The number of allylic oxidation sites excluding steroid dienone is 2. The number of rotatable bonds is 3. The maximum atomic E-state index is 10.8. The predicted molar refractivity (Wildman–Crippen MR) is 69.9 cm³/mol. The number of hydrogen-bond acceptors (Lipinski definition) is 3. The second-order valence-corrected chi connectivity index (χ2v) is 4.64. The number of aliphatic hydroxyl groups is 2. The highest BCUT2D eigenvalue weighted by Crippen LogP contribution is 2.40. The van der Waals surface area contributed by atoms with E-state index >= 15 is 0 Å². The van der Waals surface area contributed by atoms with Gasteiger partial charge in [-0.1, -0.05) is 36.4 Å². The van der Waals surface area contributed by atoms with E-state index in [0.29, 0.717) is 0 Å². The van der Waals surface area contributed by atoms with Crippen LogP contribution in [-0.4, -0.2) is 22.1 Å². The largest absolute Gasteiger partial charge is 0.509 e. The van der Waals surface area contributed by atoms with Crippen LogP contribution in [-0.2, 0) is 4.79 Å². The average molecular weight is 244 g/mol. The fourth-order valence-corrected chi connectivity index (χ4v) is 2.32. The number of carbonyl (C=O) groups excluding carboxylic acids is 1. The molecule has 0 saturated carbocycles. The lowest BCUT2D eigenvalue weighted by Gasteiger charge is -2.35. The first-order chi connectivity index (χ1) is 8.57. The summed E-state index contributed by atoms with van der Waals surface area (Å²) in [7, 11) is 0. The van der Waals surface area contributed by atoms with Crippen LogP contribution in [0.15, 0.2) is 48.2 Å². The molecule has 0 aromatic heterocycles. The molecular weight excluding hydrogens is 228 g/mol. The minimum Gasteiger partial charge on any atom is -0.509 e. The van der Waals surface area contributed by atoms with E-state index in [-0.39, 0.29) is 12.2 Å². The van der Waals surface area contributed by atoms with E-state index in [4.69, 9.17) is 0 Å². The molecular formula is C15H16O3. The van der Waals surface area contributed by atoms with Gasteiger partial charge >= 0.3 is 0 Å². The molecule has 0 heterocycles. The molecule has 2 rings (SSSR count). The zero-order valence-electron chi connectivity index (χ0n) is 10.2. The number of aldehydes is 1. The van der Waals surface area contributed by atoms with E-state index in [1.165, 1.54) is 13.0 Å². The Morgan fingerprint density at radius 3 is 2.56 bits per heavy atom. The van der Waals surface area contributed by atoms with Gasteiger partial charge in [0.2, 0.25) is 0 Å². The summed E-state index contributed by atoms with van der Waals surface area (Å²) in [6.07, 6.45) is 4.20. The molecule has 0 radical (unpaired) electrons. The van der Waals surface area contributed by atoms with Gasteiger partial charge in [0, 0.05) is 12.3 Å². The van der Waals surface area contributed by atoms with E-state index in [1.54, 1.807) is 6.08 Å². The second-order valence-electron chi connectivity index (χ2n) is 4.64. The number of hydrogen-bond donors (Lipinski definition) is 2. The standard InChI is InChI=1S/C15H16O3/c1-15(18)13(9-10-16)12(7-8-14(15)17)11-5-3-2-4-6-11/h2-8,10,13,17-18H,9H2,1H3. The van der Waals surface area contributed by atoms with Crippen LogP contribution in [0, 0.1) is 5.92 Å². The molecule has 0 spiro atoms. The van der Waals surface area contributed by atoms with Crippen molar-refractivity contribution in [1.29, 1.82) is 0 Å². The van der Waals surface area contributed by atoms with Crippen LogP contribution in [0.5, 0.6) is 0 Å². The Morgan fingerprint density at radius 1 is 1.28 bits per heavy atom. The summed E-state index contributed by atoms with van der Waals surface area (Å²) in [6, 6.07) is 9.57. The molecule has 3 heteroatoms. The van der Waals surface area contributed by atoms with Crippen LogP contribution in [0.25, 0.3) is 5.57 Å². The van der Waals surface area contributed by atoms with Gasteiger partial charge < -0.3 is 15.0 Å². The van der Waals surface area contributed by atoms with Gasteiger partial charge in [0.1, 0.15) is 17.6 Å². The Balaban J connectivity index is 2.48. The molecule has 94 valence electrons. The Hall–Kier alpha value is -1.87. The summed E-state index contributed by atoms with van der Waals surface area (Å²) >= 11 is 0. The Morgan fingerprint density at radius 2 is 1.94 bits per heavy atom. The number of carbonyl (C=O) groups is 1. The normalized spacial score (nSPS) is 27.3. The lowest BCUT2D eigenvalue weighted by atomic mass is 9.74. The molecule has 2 unspecified atom stereocenters. The third-order valence-corrected chi connectivity index (χ3v) is 3.43. The van der Waals surface area contributed by atoms with Crippen LogP contribution in [0.1, 0.15) is 18.9 Å². The Bertz CT molecular complexity index is 498. The van der Waals surface area contributed by atoms with Crippen LogP contribution < -0.4 is 0 Å². The molecule has 0 aliphatic heterocycles. The number of benzene rings is 1. The molecule has 18 heavy (non-hydrogen) atoms. The van der Waals surface area contributed by atoms with Gasteiger partial charge in [-0.05, 0) is 24.1 Å². The van der Waals surface area contributed by atoms with Crippen molar-refractivity contribution in [2.45, 2.75) is 18.9 Å².